The van der Waals surface area contributed by atoms with Crippen LogP contribution in [0.25, 0.3) is 0 Å². The zero-order valence-corrected chi connectivity index (χ0v) is 8.08. The molecule has 13 heavy (non-hydrogen) atoms. The van der Waals surface area contributed by atoms with Gasteiger partial charge in [-0.15, -0.1) is 0 Å². The lowest BCUT2D eigenvalue weighted by molar-refractivity contribution is -0.145. The molecule has 0 aliphatic rings. The van der Waals surface area contributed by atoms with Gasteiger partial charge < -0.3 is 20.3 Å². The second-order valence-electron chi connectivity index (χ2n) is 3.12. The van der Waals surface area contributed by atoms with Gasteiger partial charge >= 0.3 is 5.97 Å². The summed E-state index contributed by atoms with van der Waals surface area (Å²) >= 11 is 0. The van der Waals surface area contributed by atoms with Crippen molar-refractivity contribution in [2.24, 2.45) is 5.73 Å². The molecule has 0 bridgehead atoms. The van der Waals surface area contributed by atoms with Crippen LogP contribution in [0.2, 0.25) is 0 Å². The first-order valence-corrected chi connectivity index (χ1v) is 4.09. The Kier molecular flexibility index (Phi) is 5.61. The molecule has 0 heterocycles. The number of methoxy groups -OCH3 is 1. The molecule has 5 nitrogen and oxygen atoms in total. The average molecular weight is 191 g/mol. The number of carbonyl (C=O) groups is 1. The maximum absolute atomic E-state index is 10.5. The van der Waals surface area contributed by atoms with E-state index in [2.05, 4.69) is 0 Å². The van der Waals surface area contributed by atoms with Gasteiger partial charge in [-0.2, -0.15) is 0 Å². The first-order chi connectivity index (χ1) is 6.00. The molecule has 0 amide bonds. The molecule has 78 valence electrons. The lowest BCUT2D eigenvalue weighted by atomic mass is 10.1. The predicted molar refractivity (Wildman–Crippen MR) is 47.5 cm³/mol. The van der Waals surface area contributed by atoms with E-state index >= 15 is 0 Å². The van der Waals surface area contributed by atoms with Crippen LogP contribution in [-0.4, -0.2) is 43.5 Å². The van der Waals surface area contributed by atoms with E-state index in [1.807, 2.05) is 0 Å². The van der Waals surface area contributed by atoms with E-state index in [4.69, 9.17) is 20.3 Å². The zero-order valence-electron chi connectivity index (χ0n) is 8.08. The molecule has 0 saturated carbocycles. The minimum atomic E-state index is -1.30. The fourth-order valence-corrected chi connectivity index (χ4v) is 0.651. The van der Waals surface area contributed by atoms with Crippen molar-refractivity contribution >= 4 is 5.97 Å². The smallest absolute Gasteiger partial charge is 0.325 e. The van der Waals surface area contributed by atoms with Crippen molar-refractivity contribution in [3.05, 3.63) is 0 Å². The third kappa shape index (κ3) is 5.57. The molecule has 0 saturated heterocycles. The summed E-state index contributed by atoms with van der Waals surface area (Å²) in [5.41, 5.74) is 4.12. The normalized spacial score (nSPS) is 15.3. The highest BCUT2D eigenvalue weighted by atomic mass is 16.5. The van der Waals surface area contributed by atoms with E-state index in [-0.39, 0.29) is 6.61 Å². The van der Waals surface area contributed by atoms with Gasteiger partial charge in [0.25, 0.3) is 0 Å². The molecule has 0 aliphatic heterocycles. The number of nitrogens with two attached hydrogens (primary N) is 1. The second-order valence-corrected chi connectivity index (χ2v) is 3.12. The van der Waals surface area contributed by atoms with Crippen molar-refractivity contribution in [2.45, 2.75) is 18.9 Å². The molecule has 0 aromatic carbocycles. The largest absolute Gasteiger partial charge is 0.480 e. The summed E-state index contributed by atoms with van der Waals surface area (Å²) in [4.78, 5) is 10.5. The van der Waals surface area contributed by atoms with Crippen molar-refractivity contribution in [3.63, 3.8) is 0 Å². The van der Waals surface area contributed by atoms with Crippen LogP contribution < -0.4 is 5.73 Å². The van der Waals surface area contributed by atoms with Crippen LogP contribution in [0.15, 0.2) is 0 Å². The van der Waals surface area contributed by atoms with E-state index in [9.17, 15) is 4.79 Å². The van der Waals surface area contributed by atoms with Gasteiger partial charge in [0.1, 0.15) is 5.54 Å². The number of carboxylic acids is 1. The molecule has 1 unspecified atom stereocenters. The van der Waals surface area contributed by atoms with Crippen molar-refractivity contribution in [2.75, 3.05) is 26.9 Å². The lowest BCUT2D eigenvalue weighted by Gasteiger charge is -2.18. The Morgan fingerprint density at radius 1 is 1.54 bits per heavy atom. The molecule has 0 fully saturated rings. The Morgan fingerprint density at radius 2 is 2.15 bits per heavy atom. The average Bonchev–Trinajstić information content (AvgIpc) is 2.03. The third-order valence-corrected chi connectivity index (χ3v) is 1.53. The highest BCUT2D eigenvalue weighted by Gasteiger charge is 2.27. The zero-order chi connectivity index (χ0) is 10.3. The van der Waals surface area contributed by atoms with Crippen LogP contribution in [0.1, 0.15) is 13.3 Å². The van der Waals surface area contributed by atoms with Crippen LogP contribution in [0.3, 0.4) is 0 Å². The van der Waals surface area contributed by atoms with E-state index in [0.29, 0.717) is 13.2 Å². The van der Waals surface area contributed by atoms with Gasteiger partial charge in [0.05, 0.1) is 6.61 Å². The van der Waals surface area contributed by atoms with Gasteiger partial charge in [0.15, 0.2) is 0 Å². The number of hydrogen-bond acceptors (Lipinski definition) is 4. The Bertz CT molecular complexity index is 158. The molecule has 0 rings (SSSR count). The van der Waals surface area contributed by atoms with Crippen LogP contribution >= 0.6 is 0 Å². The summed E-state index contributed by atoms with van der Waals surface area (Å²) in [6.07, 6.45) is 0.742. The van der Waals surface area contributed by atoms with Crippen LogP contribution in [0.5, 0.6) is 0 Å². The van der Waals surface area contributed by atoms with Gasteiger partial charge in [-0.1, -0.05) is 0 Å². The minimum Gasteiger partial charge on any atom is -0.480 e. The molecule has 0 aromatic heterocycles. The Morgan fingerprint density at radius 3 is 2.62 bits per heavy atom. The summed E-state index contributed by atoms with van der Waals surface area (Å²) in [5.74, 6) is -1.06. The summed E-state index contributed by atoms with van der Waals surface area (Å²) in [6.45, 7) is 2.51. The fourth-order valence-electron chi connectivity index (χ4n) is 0.651. The summed E-state index contributed by atoms with van der Waals surface area (Å²) in [7, 11) is 1.60. The first kappa shape index (κ1) is 12.3. The van der Waals surface area contributed by atoms with E-state index in [1.165, 1.54) is 6.92 Å². The molecule has 0 radical (unpaired) electrons. The van der Waals surface area contributed by atoms with Crippen molar-refractivity contribution in [1.29, 1.82) is 0 Å². The highest BCUT2D eigenvalue weighted by molar-refractivity contribution is 5.77. The molecule has 0 spiro atoms. The Hall–Kier alpha value is -0.650. The predicted octanol–water partition coefficient (Wildman–Crippen LogP) is -0.158. The van der Waals surface area contributed by atoms with Gasteiger partial charge in [-0.05, 0) is 13.3 Å². The summed E-state index contributed by atoms with van der Waals surface area (Å²) in [6, 6.07) is 0. The quantitative estimate of drug-likeness (QED) is 0.546. The topological polar surface area (TPSA) is 81.8 Å². The number of aliphatic carboxylic acids is 1. The number of rotatable bonds is 7. The van der Waals surface area contributed by atoms with E-state index in [0.717, 1.165) is 6.42 Å². The van der Waals surface area contributed by atoms with Crippen LogP contribution in [0, 0.1) is 0 Å². The monoisotopic (exact) mass is 191 g/mol. The number of ether oxygens (including phenoxy) is 2. The SMILES string of the molecule is COCCCOCC(C)(N)C(=O)O. The summed E-state index contributed by atoms with van der Waals surface area (Å²) in [5, 5.41) is 8.61. The summed E-state index contributed by atoms with van der Waals surface area (Å²) < 4.78 is 9.87. The van der Waals surface area contributed by atoms with Crippen LogP contribution in [-0.2, 0) is 14.3 Å². The molecule has 3 N–H and O–H groups in total. The van der Waals surface area contributed by atoms with Gasteiger partial charge in [-0.3, -0.25) is 4.79 Å². The van der Waals surface area contributed by atoms with Gasteiger partial charge in [-0.25, -0.2) is 0 Å². The maximum atomic E-state index is 10.5. The highest BCUT2D eigenvalue weighted by Crippen LogP contribution is 2.00. The maximum Gasteiger partial charge on any atom is 0.325 e. The van der Waals surface area contributed by atoms with Crippen molar-refractivity contribution < 1.29 is 19.4 Å². The standard InChI is InChI=1S/C8H17NO4/c1-8(9,7(10)11)6-13-5-3-4-12-2/h3-6,9H2,1-2H3,(H,10,11). The lowest BCUT2D eigenvalue weighted by Crippen LogP contribution is -2.49. The third-order valence-electron chi connectivity index (χ3n) is 1.53. The minimum absolute atomic E-state index is 0.0199. The first-order valence-electron chi connectivity index (χ1n) is 4.09. The fraction of sp³-hybridized carbons (Fsp3) is 0.875. The van der Waals surface area contributed by atoms with Crippen LogP contribution in [0.4, 0.5) is 0 Å². The van der Waals surface area contributed by atoms with E-state index in [1.54, 1.807) is 7.11 Å². The Balaban J connectivity index is 3.46. The van der Waals surface area contributed by atoms with Crippen molar-refractivity contribution in [3.8, 4) is 0 Å². The van der Waals surface area contributed by atoms with E-state index < -0.39 is 11.5 Å². The second kappa shape index (κ2) is 5.90. The van der Waals surface area contributed by atoms with Crippen molar-refractivity contribution in [1.82, 2.24) is 0 Å². The molecule has 5 heteroatoms. The number of carboxylic acid groups (broad SMARTS) is 1. The molecule has 0 aromatic rings. The molecule has 0 aliphatic carbocycles. The number of hydrogen-bond donors (Lipinski definition) is 2. The Labute approximate surface area is 77.8 Å². The van der Waals surface area contributed by atoms with Gasteiger partial charge in [0.2, 0.25) is 0 Å². The molecular formula is C8H17NO4. The molecule has 1 atom stereocenters. The van der Waals surface area contributed by atoms with Gasteiger partial charge in [0, 0.05) is 20.3 Å². The molecular weight excluding hydrogens is 174 g/mol.